The quantitative estimate of drug-likeness (QED) is 0.789. The third-order valence-electron chi connectivity index (χ3n) is 2.86. The van der Waals surface area contributed by atoms with Crippen molar-refractivity contribution in [3.8, 4) is 5.75 Å². The Kier molecular flexibility index (Phi) is 2.73. The zero-order chi connectivity index (χ0) is 9.97. The third kappa shape index (κ3) is 2.26. The minimum absolute atomic E-state index is 0.350. The summed E-state index contributed by atoms with van der Waals surface area (Å²) in [5.41, 5.74) is 7.36. The molecule has 1 saturated carbocycles. The molecule has 1 fully saturated rings. The fourth-order valence-electron chi connectivity index (χ4n) is 1.72. The van der Waals surface area contributed by atoms with E-state index >= 15 is 0 Å². The summed E-state index contributed by atoms with van der Waals surface area (Å²) in [6.07, 6.45) is 3.63. The topological polar surface area (TPSA) is 35.2 Å². The van der Waals surface area contributed by atoms with E-state index in [-0.39, 0.29) is 0 Å². The molecule has 76 valence electrons. The first-order valence-electron chi connectivity index (χ1n) is 5.18. The standard InChI is InChI=1S/C12H17NO/c1-14-11-6-2-9(3-7-11)8-12(13)10-4-5-10/h2-3,6-7,10,12H,4-5,8,13H2,1H3. The van der Waals surface area contributed by atoms with Crippen LogP contribution in [0.15, 0.2) is 24.3 Å². The van der Waals surface area contributed by atoms with Crippen molar-refractivity contribution in [2.75, 3.05) is 7.11 Å². The van der Waals surface area contributed by atoms with Gasteiger partial charge >= 0.3 is 0 Å². The predicted octanol–water partition coefficient (Wildman–Crippen LogP) is 1.98. The molecular formula is C12H17NO. The number of nitrogens with two attached hydrogens (primary N) is 1. The van der Waals surface area contributed by atoms with Crippen LogP contribution in [0.2, 0.25) is 0 Å². The lowest BCUT2D eigenvalue weighted by Crippen LogP contribution is -2.24. The average molecular weight is 191 g/mol. The Balaban J connectivity index is 1.95. The fourth-order valence-corrected chi connectivity index (χ4v) is 1.72. The van der Waals surface area contributed by atoms with E-state index in [1.165, 1.54) is 18.4 Å². The van der Waals surface area contributed by atoms with Crippen LogP contribution in [-0.2, 0) is 6.42 Å². The number of benzene rings is 1. The SMILES string of the molecule is COc1ccc(CC(N)C2CC2)cc1. The maximum Gasteiger partial charge on any atom is 0.118 e. The summed E-state index contributed by atoms with van der Waals surface area (Å²) < 4.78 is 5.10. The number of hydrogen-bond donors (Lipinski definition) is 1. The van der Waals surface area contributed by atoms with Gasteiger partial charge in [-0.05, 0) is 42.9 Å². The number of rotatable bonds is 4. The molecule has 2 N–H and O–H groups in total. The first kappa shape index (κ1) is 9.53. The van der Waals surface area contributed by atoms with Gasteiger partial charge in [0.1, 0.15) is 5.75 Å². The van der Waals surface area contributed by atoms with Crippen molar-refractivity contribution >= 4 is 0 Å². The van der Waals surface area contributed by atoms with Crippen molar-refractivity contribution in [1.82, 2.24) is 0 Å². The van der Waals surface area contributed by atoms with Crippen LogP contribution in [0.3, 0.4) is 0 Å². The molecule has 0 spiro atoms. The molecule has 1 aliphatic carbocycles. The van der Waals surface area contributed by atoms with E-state index in [4.69, 9.17) is 10.5 Å². The van der Waals surface area contributed by atoms with Crippen molar-refractivity contribution < 1.29 is 4.74 Å². The monoisotopic (exact) mass is 191 g/mol. The molecule has 1 aromatic carbocycles. The number of ether oxygens (including phenoxy) is 1. The third-order valence-corrected chi connectivity index (χ3v) is 2.86. The molecule has 2 rings (SSSR count). The highest BCUT2D eigenvalue weighted by Crippen LogP contribution is 2.32. The minimum Gasteiger partial charge on any atom is -0.497 e. The van der Waals surface area contributed by atoms with Crippen molar-refractivity contribution in [3.05, 3.63) is 29.8 Å². The normalized spacial score (nSPS) is 17.9. The van der Waals surface area contributed by atoms with E-state index < -0.39 is 0 Å². The summed E-state index contributed by atoms with van der Waals surface area (Å²) in [5, 5.41) is 0. The first-order chi connectivity index (χ1) is 6.79. The Bertz CT molecular complexity index is 290. The van der Waals surface area contributed by atoms with Crippen LogP contribution >= 0.6 is 0 Å². The molecule has 0 aliphatic heterocycles. The van der Waals surface area contributed by atoms with E-state index in [1.54, 1.807) is 7.11 Å². The van der Waals surface area contributed by atoms with Gasteiger partial charge in [-0.25, -0.2) is 0 Å². The molecule has 1 aromatic rings. The van der Waals surface area contributed by atoms with Crippen LogP contribution in [0.25, 0.3) is 0 Å². The molecule has 1 aliphatic rings. The molecule has 0 saturated heterocycles. The highest BCUT2D eigenvalue weighted by molar-refractivity contribution is 5.27. The zero-order valence-electron chi connectivity index (χ0n) is 8.57. The number of hydrogen-bond acceptors (Lipinski definition) is 2. The summed E-state index contributed by atoms with van der Waals surface area (Å²) in [4.78, 5) is 0. The number of methoxy groups -OCH3 is 1. The van der Waals surface area contributed by atoms with Crippen LogP contribution < -0.4 is 10.5 Å². The van der Waals surface area contributed by atoms with Gasteiger partial charge in [0.15, 0.2) is 0 Å². The summed E-state index contributed by atoms with van der Waals surface area (Å²) in [6.45, 7) is 0. The largest absolute Gasteiger partial charge is 0.497 e. The predicted molar refractivity (Wildman–Crippen MR) is 57.4 cm³/mol. The van der Waals surface area contributed by atoms with E-state index in [2.05, 4.69) is 12.1 Å². The fraction of sp³-hybridized carbons (Fsp3) is 0.500. The van der Waals surface area contributed by atoms with Gasteiger partial charge in [0.05, 0.1) is 7.11 Å². The van der Waals surface area contributed by atoms with Gasteiger partial charge < -0.3 is 10.5 Å². The van der Waals surface area contributed by atoms with Crippen molar-refractivity contribution in [3.63, 3.8) is 0 Å². The van der Waals surface area contributed by atoms with E-state index in [0.717, 1.165) is 18.1 Å². The smallest absolute Gasteiger partial charge is 0.118 e. The molecule has 0 heterocycles. The van der Waals surface area contributed by atoms with Crippen LogP contribution in [0.5, 0.6) is 5.75 Å². The molecule has 0 bridgehead atoms. The highest BCUT2D eigenvalue weighted by atomic mass is 16.5. The van der Waals surface area contributed by atoms with Crippen LogP contribution in [-0.4, -0.2) is 13.2 Å². The lowest BCUT2D eigenvalue weighted by Gasteiger charge is -2.10. The molecule has 0 amide bonds. The van der Waals surface area contributed by atoms with Crippen molar-refractivity contribution in [2.45, 2.75) is 25.3 Å². The highest BCUT2D eigenvalue weighted by Gasteiger charge is 2.28. The van der Waals surface area contributed by atoms with Gasteiger partial charge in [0.2, 0.25) is 0 Å². The Morgan fingerprint density at radius 2 is 2.00 bits per heavy atom. The molecule has 0 radical (unpaired) electrons. The first-order valence-corrected chi connectivity index (χ1v) is 5.18. The minimum atomic E-state index is 0.350. The Hall–Kier alpha value is -1.02. The van der Waals surface area contributed by atoms with Crippen LogP contribution in [0.1, 0.15) is 18.4 Å². The maximum atomic E-state index is 6.05. The molecule has 1 unspecified atom stereocenters. The Labute approximate surface area is 85.1 Å². The van der Waals surface area contributed by atoms with Gasteiger partial charge in [0.25, 0.3) is 0 Å². The van der Waals surface area contributed by atoms with E-state index in [0.29, 0.717) is 6.04 Å². The second-order valence-corrected chi connectivity index (χ2v) is 4.05. The van der Waals surface area contributed by atoms with Crippen molar-refractivity contribution in [2.24, 2.45) is 11.7 Å². The molecule has 2 nitrogen and oxygen atoms in total. The van der Waals surface area contributed by atoms with Gasteiger partial charge in [-0.15, -0.1) is 0 Å². The van der Waals surface area contributed by atoms with E-state index in [9.17, 15) is 0 Å². The average Bonchev–Trinajstić information content (AvgIpc) is 3.02. The summed E-state index contributed by atoms with van der Waals surface area (Å²) in [5.74, 6) is 1.69. The van der Waals surface area contributed by atoms with Gasteiger partial charge in [0, 0.05) is 6.04 Å². The molecule has 0 aromatic heterocycles. The van der Waals surface area contributed by atoms with Gasteiger partial charge in [-0.3, -0.25) is 0 Å². The second-order valence-electron chi connectivity index (χ2n) is 4.05. The van der Waals surface area contributed by atoms with Crippen molar-refractivity contribution in [1.29, 1.82) is 0 Å². The molecule has 2 heteroatoms. The molecule has 14 heavy (non-hydrogen) atoms. The lowest BCUT2D eigenvalue weighted by molar-refractivity contribution is 0.414. The Morgan fingerprint density at radius 1 is 1.36 bits per heavy atom. The molecular weight excluding hydrogens is 174 g/mol. The molecule has 1 atom stereocenters. The maximum absolute atomic E-state index is 6.05. The van der Waals surface area contributed by atoms with Crippen LogP contribution in [0.4, 0.5) is 0 Å². The van der Waals surface area contributed by atoms with Gasteiger partial charge in [-0.1, -0.05) is 12.1 Å². The van der Waals surface area contributed by atoms with Gasteiger partial charge in [-0.2, -0.15) is 0 Å². The summed E-state index contributed by atoms with van der Waals surface area (Å²) >= 11 is 0. The second kappa shape index (κ2) is 4.01. The summed E-state index contributed by atoms with van der Waals surface area (Å²) in [6, 6.07) is 8.54. The van der Waals surface area contributed by atoms with Crippen LogP contribution in [0, 0.1) is 5.92 Å². The summed E-state index contributed by atoms with van der Waals surface area (Å²) in [7, 11) is 1.69. The van der Waals surface area contributed by atoms with E-state index in [1.807, 2.05) is 12.1 Å². The lowest BCUT2D eigenvalue weighted by atomic mass is 10.0. The Morgan fingerprint density at radius 3 is 2.50 bits per heavy atom. The zero-order valence-corrected chi connectivity index (χ0v) is 8.57.